The minimum atomic E-state index is -0.859. The van der Waals surface area contributed by atoms with Gasteiger partial charge in [0.2, 0.25) is 0 Å². The van der Waals surface area contributed by atoms with Crippen LogP contribution >= 0.6 is 0 Å². The summed E-state index contributed by atoms with van der Waals surface area (Å²) in [7, 11) is 0. The molecule has 0 aliphatic heterocycles. The summed E-state index contributed by atoms with van der Waals surface area (Å²) in [5.74, 6) is -0.235. The van der Waals surface area contributed by atoms with Crippen molar-refractivity contribution in [2.24, 2.45) is 11.5 Å². The Bertz CT molecular complexity index is 438. The number of rotatable bonds is 5. The number of esters is 1. The van der Waals surface area contributed by atoms with E-state index >= 15 is 0 Å². The third-order valence-corrected chi connectivity index (χ3v) is 2.13. The molecule has 0 saturated heterocycles. The molecule has 1 aromatic rings. The maximum atomic E-state index is 11.6. The molecule has 4 N–H and O–H groups in total. The van der Waals surface area contributed by atoms with E-state index in [4.69, 9.17) is 16.2 Å². The smallest absolute Gasteiger partial charge is 0.332 e. The van der Waals surface area contributed by atoms with Crippen molar-refractivity contribution in [1.29, 1.82) is 0 Å². The van der Waals surface area contributed by atoms with Gasteiger partial charge in [-0.05, 0) is 31.2 Å². The zero-order valence-electron chi connectivity index (χ0n) is 10.1. The number of aldehydes is 1. The van der Waals surface area contributed by atoms with Gasteiger partial charge >= 0.3 is 5.97 Å². The van der Waals surface area contributed by atoms with Crippen molar-refractivity contribution in [2.45, 2.75) is 19.0 Å². The molecule has 0 aliphatic carbocycles. The zero-order chi connectivity index (χ0) is 13.5. The van der Waals surface area contributed by atoms with Gasteiger partial charge in [-0.15, -0.1) is 0 Å². The van der Waals surface area contributed by atoms with Crippen LogP contribution in [0.5, 0.6) is 5.75 Å². The van der Waals surface area contributed by atoms with Gasteiger partial charge in [-0.25, -0.2) is 4.79 Å². The SMILES string of the molecule is CC(N)/C=C\C(N)C(=O)Oc1ccc(C=O)cc1. The monoisotopic (exact) mass is 248 g/mol. The summed E-state index contributed by atoms with van der Waals surface area (Å²) in [4.78, 5) is 22.0. The van der Waals surface area contributed by atoms with Crippen LogP contribution in [0.2, 0.25) is 0 Å². The van der Waals surface area contributed by atoms with Gasteiger partial charge in [0.25, 0.3) is 0 Å². The summed E-state index contributed by atoms with van der Waals surface area (Å²) in [6, 6.07) is 5.14. The topological polar surface area (TPSA) is 95.4 Å². The fourth-order valence-electron chi connectivity index (χ4n) is 1.17. The van der Waals surface area contributed by atoms with Gasteiger partial charge in [-0.3, -0.25) is 4.79 Å². The van der Waals surface area contributed by atoms with Crippen LogP contribution in [0.3, 0.4) is 0 Å². The summed E-state index contributed by atoms with van der Waals surface area (Å²) in [5, 5.41) is 0. The van der Waals surface area contributed by atoms with Gasteiger partial charge in [-0.2, -0.15) is 0 Å². The summed E-state index contributed by atoms with van der Waals surface area (Å²) in [5.41, 5.74) is 11.6. The molecule has 0 radical (unpaired) electrons. The molecule has 0 amide bonds. The number of carbonyl (C=O) groups is 2. The third-order valence-electron chi connectivity index (χ3n) is 2.13. The Labute approximate surface area is 105 Å². The normalized spacial score (nSPS) is 14.2. The van der Waals surface area contributed by atoms with E-state index in [1.54, 1.807) is 25.1 Å². The molecule has 1 rings (SSSR count). The second kappa shape index (κ2) is 6.68. The summed E-state index contributed by atoms with van der Waals surface area (Å²) in [6.45, 7) is 1.77. The van der Waals surface area contributed by atoms with E-state index in [9.17, 15) is 9.59 Å². The standard InChI is InChI=1S/C13H16N2O3/c1-9(14)2-7-12(15)13(17)18-11-5-3-10(8-16)4-6-11/h2-9,12H,14-15H2,1H3/b7-2-. The summed E-state index contributed by atoms with van der Waals surface area (Å²) >= 11 is 0. The van der Waals surface area contributed by atoms with Crippen LogP contribution in [-0.4, -0.2) is 24.3 Å². The summed E-state index contributed by atoms with van der Waals surface area (Å²) < 4.78 is 5.04. The van der Waals surface area contributed by atoms with Crippen molar-refractivity contribution >= 4 is 12.3 Å². The van der Waals surface area contributed by atoms with Crippen molar-refractivity contribution in [3.63, 3.8) is 0 Å². The number of hydrogen-bond acceptors (Lipinski definition) is 5. The van der Waals surface area contributed by atoms with E-state index in [0.29, 0.717) is 17.6 Å². The summed E-state index contributed by atoms with van der Waals surface area (Å²) in [6.07, 6.45) is 3.83. The lowest BCUT2D eigenvalue weighted by atomic mass is 10.2. The van der Waals surface area contributed by atoms with Crippen molar-refractivity contribution in [1.82, 2.24) is 0 Å². The first kappa shape index (κ1) is 14.1. The minimum absolute atomic E-state index is 0.171. The predicted octanol–water partition coefficient (Wildman–Crippen LogP) is 0.635. The zero-order valence-corrected chi connectivity index (χ0v) is 10.1. The molecule has 0 aromatic heterocycles. The molecule has 0 heterocycles. The molecule has 1 aromatic carbocycles. The number of benzene rings is 1. The predicted molar refractivity (Wildman–Crippen MR) is 68.2 cm³/mol. The number of ether oxygens (including phenoxy) is 1. The number of carbonyl (C=O) groups excluding carboxylic acids is 2. The number of nitrogens with two attached hydrogens (primary N) is 2. The van der Waals surface area contributed by atoms with E-state index < -0.39 is 12.0 Å². The molecule has 2 atom stereocenters. The lowest BCUT2D eigenvalue weighted by Crippen LogP contribution is -2.32. The third kappa shape index (κ3) is 4.48. The highest BCUT2D eigenvalue weighted by Crippen LogP contribution is 2.11. The molecule has 0 bridgehead atoms. The molecule has 18 heavy (non-hydrogen) atoms. The van der Waals surface area contributed by atoms with E-state index in [2.05, 4.69) is 0 Å². The van der Waals surface area contributed by atoms with E-state index in [1.807, 2.05) is 0 Å². The highest BCUT2D eigenvalue weighted by Gasteiger charge is 2.12. The maximum absolute atomic E-state index is 11.6. The van der Waals surface area contributed by atoms with Gasteiger partial charge in [-0.1, -0.05) is 12.2 Å². The van der Waals surface area contributed by atoms with Crippen molar-refractivity contribution in [2.75, 3.05) is 0 Å². The fraction of sp³-hybridized carbons (Fsp3) is 0.231. The van der Waals surface area contributed by atoms with E-state index in [1.165, 1.54) is 18.2 Å². The van der Waals surface area contributed by atoms with Crippen LogP contribution < -0.4 is 16.2 Å². The van der Waals surface area contributed by atoms with Gasteiger partial charge < -0.3 is 16.2 Å². The second-order valence-corrected chi connectivity index (χ2v) is 3.88. The Hall–Kier alpha value is -1.98. The first-order valence-electron chi connectivity index (χ1n) is 5.49. The first-order valence-corrected chi connectivity index (χ1v) is 5.49. The Morgan fingerprint density at radius 2 is 1.83 bits per heavy atom. The molecular weight excluding hydrogens is 232 g/mol. The average Bonchev–Trinajstić information content (AvgIpc) is 2.36. The molecular formula is C13H16N2O3. The second-order valence-electron chi connectivity index (χ2n) is 3.88. The van der Waals surface area contributed by atoms with Gasteiger partial charge in [0, 0.05) is 11.6 Å². The molecule has 5 heteroatoms. The number of hydrogen-bond donors (Lipinski definition) is 2. The van der Waals surface area contributed by atoms with Crippen molar-refractivity contribution < 1.29 is 14.3 Å². The highest BCUT2D eigenvalue weighted by molar-refractivity contribution is 5.80. The van der Waals surface area contributed by atoms with Gasteiger partial charge in [0.1, 0.15) is 18.1 Å². The molecule has 0 spiro atoms. The Balaban J connectivity index is 2.60. The van der Waals surface area contributed by atoms with Crippen LogP contribution in [0.1, 0.15) is 17.3 Å². The Morgan fingerprint density at radius 1 is 1.22 bits per heavy atom. The largest absolute Gasteiger partial charge is 0.425 e. The van der Waals surface area contributed by atoms with Crippen LogP contribution in [0.25, 0.3) is 0 Å². The lowest BCUT2D eigenvalue weighted by molar-refractivity contribution is -0.134. The Morgan fingerprint density at radius 3 is 2.33 bits per heavy atom. The quantitative estimate of drug-likeness (QED) is 0.345. The van der Waals surface area contributed by atoms with Crippen molar-refractivity contribution in [3.8, 4) is 5.75 Å². The van der Waals surface area contributed by atoms with Crippen LogP contribution in [0, 0.1) is 0 Å². The van der Waals surface area contributed by atoms with E-state index in [-0.39, 0.29) is 6.04 Å². The molecule has 5 nitrogen and oxygen atoms in total. The molecule has 2 unspecified atom stereocenters. The highest BCUT2D eigenvalue weighted by atomic mass is 16.5. The van der Waals surface area contributed by atoms with Gasteiger partial charge in [0.05, 0.1) is 0 Å². The van der Waals surface area contributed by atoms with Crippen LogP contribution in [-0.2, 0) is 4.79 Å². The van der Waals surface area contributed by atoms with Crippen molar-refractivity contribution in [3.05, 3.63) is 42.0 Å². The van der Waals surface area contributed by atoms with E-state index in [0.717, 1.165) is 0 Å². The molecule has 0 aliphatic rings. The average molecular weight is 248 g/mol. The first-order chi connectivity index (χ1) is 8.52. The fourth-order valence-corrected chi connectivity index (χ4v) is 1.17. The van der Waals surface area contributed by atoms with Crippen LogP contribution in [0.15, 0.2) is 36.4 Å². The minimum Gasteiger partial charge on any atom is -0.425 e. The molecule has 0 fully saturated rings. The van der Waals surface area contributed by atoms with Crippen LogP contribution in [0.4, 0.5) is 0 Å². The lowest BCUT2D eigenvalue weighted by Gasteiger charge is -2.08. The molecule has 96 valence electrons. The molecule has 0 saturated carbocycles. The van der Waals surface area contributed by atoms with Gasteiger partial charge in [0.15, 0.2) is 0 Å². The maximum Gasteiger partial charge on any atom is 0.332 e. The Kier molecular flexibility index (Phi) is 5.23.